The van der Waals surface area contributed by atoms with Crippen LogP contribution in [0.1, 0.15) is 27.2 Å². The van der Waals surface area contributed by atoms with Gasteiger partial charge in [-0.25, -0.2) is 14.4 Å². The van der Waals surface area contributed by atoms with Gasteiger partial charge in [-0.15, -0.1) is 22.7 Å². The zero-order chi connectivity index (χ0) is 19.7. The molecule has 0 fully saturated rings. The van der Waals surface area contributed by atoms with Gasteiger partial charge in [-0.3, -0.25) is 0 Å². The highest BCUT2D eigenvalue weighted by Gasteiger charge is 2.27. The number of rotatable bonds is 4. The number of carbonyl (C=O) groups is 1. The molecular formula is C18H9N5O3S2. The van der Waals surface area contributed by atoms with Gasteiger partial charge in [0.25, 0.3) is 0 Å². The van der Waals surface area contributed by atoms with Gasteiger partial charge in [0.2, 0.25) is 0 Å². The molecule has 136 valence electrons. The minimum Gasteiger partial charge on any atom is -0.461 e. The van der Waals surface area contributed by atoms with Gasteiger partial charge in [0.1, 0.15) is 33.1 Å². The van der Waals surface area contributed by atoms with Crippen molar-refractivity contribution in [1.82, 2.24) is 15.3 Å². The highest BCUT2D eigenvalue weighted by molar-refractivity contribution is 7.16. The third-order valence-corrected chi connectivity index (χ3v) is 5.80. The van der Waals surface area contributed by atoms with Crippen LogP contribution >= 0.6 is 22.7 Å². The Morgan fingerprint density at radius 3 is 2.36 bits per heavy atom. The first kappa shape index (κ1) is 17.8. The summed E-state index contributed by atoms with van der Waals surface area (Å²) in [6, 6.07) is 10.9. The number of carbonyl (C=O) groups excluding carboxylic acids is 1. The molecule has 0 aliphatic heterocycles. The number of thiophene rings is 2. The van der Waals surface area contributed by atoms with Crippen LogP contribution in [0.15, 0.2) is 28.9 Å². The molecule has 4 heterocycles. The van der Waals surface area contributed by atoms with Gasteiger partial charge in [-0.2, -0.15) is 10.5 Å². The van der Waals surface area contributed by atoms with Crippen LogP contribution in [0.2, 0.25) is 0 Å². The van der Waals surface area contributed by atoms with Crippen LogP contribution in [0.3, 0.4) is 0 Å². The van der Waals surface area contributed by atoms with Crippen LogP contribution in [-0.2, 0) is 4.74 Å². The largest absolute Gasteiger partial charge is 0.461 e. The van der Waals surface area contributed by atoms with E-state index >= 15 is 0 Å². The fourth-order valence-electron chi connectivity index (χ4n) is 2.65. The van der Waals surface area contributed by atoms with Crippen molar-refractivity contribution in [3.8, 4) is 33.2 Å². The highest BCUT2D eigenvalue weighted by Crippen LogP contribution is 2.39. The normalized spacial score (nSPS) is 10.5. The number of hydrogen-bond donors (Lipinski definition) is 0. The standard InChI is InChI=1S/C18H9N5O3S2/c1-2-25-18(24)16-13(11-5-3-9(7-19)27-11)15-17(23-26-22-15)14(21-16)12-6-4-10(8-20)28-12/h3-6H,2H2,1H3. The van der Waals surface area contributed by atoms with E-state index in [-0.39, 0.29) is 12.3 Å². The van der Waals surface area contributed by atoms with E-state index in [4.69, 9.17) is 19.9 Å². The Morgan fingerprint density at radius 2 is 1.71 bits per heavy atom. The van der Waals surface area contributed by atoms with Crippen molar-refractivity contribution in [1.29, 1.82) is 10.5 Å². The Bertz CT molecular complexity index is 1290. The number of fused-ring (bicyclic) bond motifs is 1. The van der Waals surface area contributed by atoms with Crippen molar-refractivity contribution in [3.05, 3.63) is 39.7 Å². The van der Waals surface area contributed by atoms with Crippen LogP contribution < -0.4 is 0 Å². The maximum Gasteiger partial charge on any atom is 0.357 e. The minimum atomic E-state index is -0.618. The lowest BCUT2D eigenvalue weighted by Gasteiger charge is -2.09. The lowest BCUT2D eigenvalue weighted by atomic mass is 10.1. The van der Waals surface area contributed by atoms with E-state index in [0.717, 1.165) is 0 Å². The first-order valence-corrected chi connectivity index (χ1v) is 9.63. The van der Waals surface area contributed by atoms with E-state index in [1.165, 1.54) is 22.7 Å². The topological polar surface area (TPSA) is 126 Å². The Morgan fingerprint density at radius 1 is 1.07 bits per heavy atom. The molecular weight excluding hydrogens is 398 g/mol. The number of pyridine rings is 1. The second-order valence-corrected chi connectivity index (χ2v) is 7.58. The number of aromatic nitrogens is 3. The molecule has 0 bridgehead atoms. The first-order chi connectivity index (χ1) is 13.7. The summed E-state index contributed by atoms with van der Waals surface area (Å²) in [6.45, 7) is 1.88. The van der Waals surface area contributed by atoms with Gasteiger partial charge in [0.15, 0.2) is 11.2 Å². The van der Waals surface area contributed by atoms with Crippen molar-refractivity contribution in [2.24, 2.45) is 0 Å². The van der Waals surface area contributed by atoms with Crippen LogP contribution in [0.25, 0.3) is 32.0 Å². The summed E-state index contributed by atoms with van der Waals surface area (Å²) in [4.78, 5) is 19.4. The molecule has 4 aromatic heterocycles. The molecule has 0 amide bonds. The van der Waals surface area contributed by atoms with Gasteiger partial charge in [0, 0.05) is 4.88 Å². The molecule has 0 aliphatic carbocycles. The van der Waals surface area contributed by atoms with Crippen molar-refractivity contribution in [3.63, 3.8) is 0 Å². The van der Waals surface area contributed by atoms with Crippen LogP contribution in [0.4, 0.5) is 0 Å². The van der Waals surface area contributed by atoms with Gasteiger partial charge in [-0.1, -0.05) is 0 Å². The van der Waals surface area contributed by atoms with E-state index in [2.05, 4.69) is 27.4 Å². The smallest absolute Gasteiger partial charge is 0.357 e. The summed E-state index contributed by atoms with van der Waals surface area (Å²) < 4.78 is 10.1. The molecule has 0 N–H and O–H groups in total. The maximum absolute atomic E-state index is 12.7. The quantitative estimate of drug-likeness (QED) is 0.465. The van der Waals surface area contributed by atoms with Crippen molar-refractivity contribution >= 4 is 39.7 Å². The Hall–Kier alpha value is -3.60. The third-order valence-electron chi connectivity index (χ3n) is 3.79. The highest BCUT2D eigenvalue weighted by atomic mass is 32.1. The second-order valence-electron chi connectivity index (χ2n) is 5.42. The lowest BCUT2D eigenvalue weighted by Crippen LogP contribution is -2.10. The lowest BCUT2D eigenvalue weighted by molar-refractivity contribution is 0.0521. The van der Waals surface area contributed by atoms with Gasteiger partial charge < -0.3 is 4.74 Å². The molecule has 4 rings (SSSR count). The Labute approximate surface area is 166 Å². The Balaban J connectivity index is 2.03. The van der Waals surface area contributed by atoms with Crippen molar-refractivity contribution in [2.75, 3.05) is 6.61 Å². The second kappa shape index (κ2) is 7.19. The fourth-order valence-corrected chi connectivity index (χ4v) is 4.29. The van der Waals surface area contributed by atoms with Crippen LogP contribution in [0.5, 0.6) is 0 Å². The zero-order valence-electron chi connectivity index (χ0n) is 14.3. The molecule has 0 atom stereocenters. The number of hydrogen-bond acceptors (Lipinski definition) is 10. The predicted molar refractivity (Wildman–Crippen MR) is 102 cm³/mol. The maximum atomic E-state index is 12.7. The van der Waals surface area contributed by atoms with E-state index in [1.54, 1.807) is 31.2 Å². The van der Waals surface area contributed by atoms with E-state index in [9.17, 15) is 4.79 Å². The molecule has 28 heavy (non-hydrogen) atoms. The molecule has 0 unspecified atom stereocenters. The molecule has 10 heteroatoms. The van der Waals surface area contributed by atoms with Gasteiger partial charge in [-0.05, 0) is 41.5 Å². The SMILES string of the molecule is CCOC(=O)c1nc(-c2ccc(C#N)s2)c2nonc2c1-c1ccc(C#N)s1. The monoisotopic (exact) mass is 407 g/mol. The molecule has 4 aromatic rings. The molecule has 0 saturated heterocycles. The van der Waals surface area contributed by atoms with Crippen molar-refractivity contribution < 1.29 is 14.2 Å². The first-order valence-electron chi connectivity index (χ1n) is 8.00. The summed E-state index contributed by atoms with van der Waals surface area (Å²) in [5, 5.41) is 26.2. The number of ether oxygens (including phenoxy) is 1. The fraction of sp³-hybridized carbons (Fsp3) is 0.111. The zero-order valence-corrected chi connectivity index (χ0v) is 15.9. The number of nitrogens with zero attached hydrogens (tertiary/aromatic N) is 5. The predicted octanol–water partition coefficient (Wildman–Crippen LogP) is 3.99. The Kier molecular flexibility index (Phi) is 4.57. The number of esters is 1. The molecule has 0 aromatic carbocycles. The summed E-state index contributed by atoms with van der Waals surface area (Å²) in [7, 11) is 0. The van der Waals surface area contributed by atoms with E-state index in [1.807, 2.05) is 0 Å². The molecule has 0 spiro atoms. The van der Waals surface area contributed by atoms with E-state index < -0.39 is 5.97 Å². The van der Waals surface area contributed by atoms with Crippen LogP contribution in [0, 0.1) is 22.7 Å². The summed E-state index contributed by atoms with van der Waals surface area (Å²) >= 11 is 2.43. The molecule has 0 saturated carbocycles. The summed E-state index contributed by atoms with van der Waals surface area (Å²) in [5.41, 5.74) is 1.54. The number of nitriles is 2. The minimum absolute atomic E-state index is 0.0540. The average molecular weight is 407 g/mol. The summed E-state index contributed by atoms with van der Waals surface area (Å²) in [6.07, 6.45) is 0. The average Bonchev–Trinajstić information content (AvgIpc) is 3.46. The van der Waals surface area contributed by atoms with Gasteiger partial charge >= 0.3 is 5.97 Å². The van der Waals surface area contributed by atoms with Gasteiger partial charge in [0.05, 0.1) is 17.0 Å². The molecule has 0 radical (unpaired) electrons. The third kappa shape index (κ3) is 2.91. The van der Waals surface area contributed by atoms with Crippen LogP contribution in [-0.4, -0.2) is 27.9 Å². The molecule has 0 aliphatic rings. The molecule has 8 nitrogen and oxygen atoms in total. The van der Waals surface area contributed by atoms with Crippen molar-refractivity contribution in [2.45, 2.75) is 6.92 Å². The summed E-state index contributed by atoms with van der Waals surface area (Å²) in [5.74, 6) is -0.618. The van der Waals surface area contributed by atoms with E-state index in [0.29, 0.717) is 41.8 Å².